The molecular weight excluding hydrogens is 330 g/mol. The summed E-state index contributed by atoms with van der Waals surface area (Å²) in [4.78, 5) is 12.2. The number of amides is 1. The van der Waals surface area contributed by atoms with Gasteiger partial charge in [-0.05, 0) is 48.2 Å². The molecule has 26 heavy (non-hydrogen) atoms. The van der Waals surface area contributed by atoms with Crippen molar-refractivity contribution in [1.82, 2.24) is 0 Å². The Labute approximate surface area is 154 Å². The first kappa shape index (κ1) is 18.1. The molecule has 138 valence electrons. The number of fused-ring (bicyclic) bond motifs is 1. The zero-order valence-corrected chi connectivity index (χ0v) is 15.5. The Bertz CT molecular complexity index is 786. The lowest BCUT2D eigenvalue weighted by Gasteiger charge is -2.13. The number of rotatable bonds is 5. The maximum absolute atomic E-state index is 12.2. The molecule has 5 nitrogen and oxygen atoms in total. The first-order valence-electron chi connectivity index (χ1n) is 8.96. The molecule has 0 aromatic heterocycles. The molecule has 0 fully saturated rings. The van der Waals surface area contributed by atoms with E-state index in [0.717, 1.165) is 6.42 Å². The maximum Gasteiger partial charge on any atom is 0.262 e. The number of hydrogen-bond donors (Lipinski definition) is 1. The van der Waals surface area contributed by atoms with Crippen LogP contribution in [0, 0.1) is 6.92 Å². The number of aryl methyl sites for hydroxylation is 1. The van der Waals surface area contributed by atoms with Gasteiger partial charge in [0, 0.05) is 18.2 Å². The van der Waals surface area contributed by atoms with Crippen molar-refractivity contribution in [2.45, 2.75) is 33.1 Å². The second kappa shape index (κ2) is 8.13. The average molecular weight is 355 g/mol. The Kier molecular flexibility index (Phi) is 5.66. The van der Waals surface area contributed by atoms with Gasteiger partial charge < -0.3 is 19.5 Å². The molecule has 0 atom stereocenters. The number of benzene rings is 2. The largest absolute Gasteiger partial charge is 0.490 e. The third kappa shape index (κ3) is 4.48. The van der Waals surface area contributed by atoms with E-state index in [9.17, 15) is 4.79 Å². The molecule has 3 rings (SSSR count). The van der Waals surface area contributed by atoms with Crippen molar-refractivity contribution < 1.29 is 19.0 Å². The van der Waals surface area contributed by atoms with Gasteiger partial charge in [-0.15, -0.1) is 0 Å². The topological polar surface area (TPSA) is 56.8 Å². The third-order valence-electron chi connectivity index (χ3n) is 4.26. The quantitative estimate of drug-likeness (QED) is 0.869. The van der Waals surface area contributed by atoms with Crippen molar-refractivity contribution in [3.05, 3.63) is 47.5 Å². The van der Waals surface area contributed by atoms with Gasteiger partial charge in [-0.1, -0.05) is 19.9 Å². The molecule has 0 unspecified atom stereocenters. The Hall–Kier alpha value is -2.69. The molecule has 0 saturated heterocycles. The predicted molar refractivity (Wildman–Crippen MR) is 101 cm³/mol. The SMILES string of the molecule is Cc1cc(OCC(=O)Nc2ccc3c(c2)OCCCO3)ccc1C(C)C. The van der Waals surface area contributed by atoms with E-state index in [1.165, 1.54) is 11.1 Å². The smallest absolute Gasteiger partial charge is 0.262 e. The van der Waals surface area contributed by atoms with Crippen LogP contribution in [0.25, 0.3) is 0 Å². The summed E-state index contributed by atoms with van der Waals surface area (Å²) in [5, 5.41) is 2.83. The minimum absolute atomic E-state index is 0.0467. The molecule has 1 amide bonds. The molecular formula is C21H25NO4. The molecule has 0 bridgehead atoms. The number of carbonyl (C=O) groups excluding carboxylic acids is 1. The van der Waals surface area contributed by atoms with Gasteiger partial charge in [0.1, 0.15) is 5.75 Å². The predicted octanol–water partition coefficient (Wildman–Crippen LogP) is 4.30. The van der Waals surface area contributed by atoms with E-state index in [1.54, 1.807) is 12.1 Å². The van der Waals surface area contributed by atoms with E-state index in [-0.39, 0.29) is 12.5 Å². The normalized spacial score (nSPS) is 13.2. The minimum atomic E-state index is -0.218. The van der Waals surface area contributed by atoms with Gasteiger partial charge in [-0.25, -0.2) is 0 Å². The number of hydrogen-bond acceptors (Lipinski definition) is 4. The Morgan fingerprint density at radius 1 is 1.12 bits per heavy atom. The highest BCUT2D eigenvalue weighted by Crippen LogP contribution is 2.32. The summed E-state index contributed by atoms with van der Waals surface area (Å²) in [6, 6.07) is 11.3. The van der Waals surface area contributed by atoms with Crippen LogP contribution in [0.4, 0.5) is 5.69 Å². The fourth-order valence-corrected chi connectivity index (χ4v) is 2.97. The maximum atomic E-state index is 12.2. The third-order valence-corrected chi connectivity index (χ3v) is 4.26. The van der Waals surface area contributed by atoms with E-state index < -0.39 is 0 Å². The van der Waals surface area contributed by atoms with Crippen LogP contribution in [0.15, 0.2) is 36.4 Å². The first-order valence-corrected chi connectivity index (χ1v) is 8.96. The van der Waals surface area contributed by atoms with Crippen LogP contribution in [0.2, 0.25) is 0 Å². The fourth-order valence-electron chi connectivity index (χ4n) is 2.97. The van der Waals surface area contributed by atoms with Crippen LogP contribution in [-0.2, 0) is 4.79 Å². The van der Waals surface area contributed by atoms with Gasteiger partial charge in [-0.3, -0.25) is 4.79 Å². The Morgan fingerprint density at radius 3 is 2.62 bits per heavy atom. The Morgan fingerprint density at radius 2 is 1.88 bits per heavy atom. The van der Waals surface area contributed by atoms with Crippen LogP contribution in [-0.4, -0.2) is 25.7 Å². The summed E-state index contributed by atoms with van der Waals surface area (Å²) < 4.78 is 16.8. The van der Waals surface area contributed by atoms with Gasteiger partial charge in [0.25, 0.3) is 5.91 Å². The molecule has 1 aliphatic rings. The summed E-state index contributed by atoms with van der Waals surface area (Å²) in [5.74, 6) is 2.30. The van der Waals surface area contributed by atoms with Crippen molar-refractivity contribution in [2.75, 3.05) is 25.1 Å². The van der Waals surface area contributed by atoms with Crippen LogP contribution in [0.5, 0.6) is 17.2 Å². The van der Waals surface area contributed by atoms with Crippen molar-refractivity contribution in [1.29, 1.82) is 0 Å². The molecule has 2 aromatic carbocycles. The highest BCUT2D eigenvalue weighted by atomic mass is 16.5. The van der Waals surface area contributed by atoms with Gasteiger partial charge in [0.2, 0.25) is 0 Å². The summed E-state index contributed by atoms with van der Waals surface area (Å²) in [6.07, 6.45) is 0.846. The Balaban J connectivity index is 1.57. The summed E-state index contributed by atoms with van der Waals surface area (Å²) in [6.45, 7) is 7.58. The molecule has 0 radical (unpaired) electrons. The van der Waals surface area contributed by atoms with E-state index in [2.05, 4.69) is 32.2 Å². The van der Waals surface area contributed by atoms with Gasteiger partial charge in [0.15, 0.2) is 18.1 Å². The summed E-state index contributed by atoms with van der Waals surface area (Å²) in [5.41, 5.74) is 3.11. The van der Waals surface area contributed by atoms with Crippen molar-refractivity contribution >= 4 is 11.6 Å². The lowest BCUT2D eigenvalue weighted by atomic mass is 9.98. The molecule has 1 aliphatic heterocycles. The number of anilines is 1. The highest BCUT2D eigenvalue weighted by molar-refractivity contribution is 5.92. The summed E-state index contributed by atoms with van der Waals surface area (Å²) in [7, 11) is 0. The van der Waals surface area contributed by atoms with Crippen molar-refractivity contribution in [3.63, 3.8) is 0 Å². The van der Waals surface area contributed by atoms with E-state index >= 15 is 0 Å². The van der Waals surface area contributed by atoms with Crippen molar-refractivity contribution in [3.8, 4) is 17.2 Å². The number of nitrogens with one attached hydrogen (secondary N) is 1. The van der Waals surface area contributed by atoms with Crippen LogP contribution in [0.1, 0.15) is 37.3 Å². The molecule has 0 aliphatic carbocycles. The summed E-state index contributed by atoms with van der Waals surface area (Å²) >= 11 is 0. The van der Waals surface area contributed by atoms with Crippen LogP contribution < -0.4 is 19.5 Å². The lowest BCUT2D eigenvalue weighted by Crippen LogP contribution is -2.20. The highest BCUT2D eigenvalue weighted by Gasteiger charge is 2.12. The fraction of sp³-hybridized carbons (Fsp3) is 0.381. The van der Waals surface area contributed by atoms with Crippen LogP contribution >= 0.6 is 0 Å². The zero-order chi connectivity index (χ0) is 18.5. The monoisotopic (exact) mass is 355 g/mol. The average Bonchev–Trinajstić information content (AvgIpc) is 2.84. The lowest BCUT2D eigenvalue weighted by molar-refractivity contribution is -0.118. The molecule has 1 heterocycles. The first-order chi connectivity index (χ1) is 12.5. The van der Waals surface area contributed by atoms with Gasteiger partial charge in [0.05, 0.1) is 13.2 Å². The standard InChI is InChI=1S/C21H25NO4/c1-14(2)18-7-6-17(11-15(18)3)26-13-21(23)22-16-5-8-19-20(12-16)25-10-4-9-24-19/h5-8,11-12,14H,4,9-10,13H2,1-3H3,(H,22,23). The molecule has 2 aromatic rings. The van der Waals surface area contributed by atoms with Gasteiger partial charge >= 0.3 is 0 Å². The number of ether oxygens (including phenoxy) is 3. The minimum Gasteiger partial charge on any atom is -0.490 e. The van der Waals surface area contributed by atoms with E-state index in [1.807, 2.05) is 18.2 Å². The van der Waals surface area contributed by atoms with Crippen molar-refractivity contribution in [2.24, 2.45) is 0 Å². The van der Waals surface area contributed by atoms with Gasteiger partial charge in [-0.2, -0.15) is 0 Å². The van der Waals surface area contributed by atoms with E-state index in [4.69, 9.17) is 14.2 Å². The second-order valence-corrected chi connectivity index (χ2v) is 6.72. The molecule has 0 saturated carbocycles. The molecule has 5 heteroatoms. The van der Waals surface area contributed by atoms with E-state index in [0.29, 0.717) is 42.1 Å². The number of carbonyl (C=O) groups is 1. The molecule has 0 spiro atoms. The molecule has 1 N–H and O–H groups in total. The van der Waals surface area contributed by atoms with Crippen LogP contribution in [0.3, 0.4) is 0 Å². The second-order valence-electron chi connectivity index (χ2n) is 6.72. The zero-order valence-electron chi connectivity index (χ0n) is 15.5.